The van der Waals surface area contributed by atoms with E-state index in [0.29, 0.717) is 6.61 Å². The van der Waals surface area contributed by atoms with Crippen molar-refractivity contribution in [1.29, 1.82) is 0 Å². The Kier molecular flexibility index (Phi) is 7.82. The molecule has 0 bridgehead atoms. The van der Waals surface area contributed by atoms with Gasteiger partial charge in [-0.25, -0.2) is 0 Å². The zero-order valence-corrected chi connectivity index (χ0v) is 11.4. The molecule has 1 saturated carbocycles. The van der Waals surface area contributed by atoms with Crippen LogP contribution in [-0.2, 0) is 0 Å². The second-order valence-electron chi connectivity index (χ2n) is 5.26. The van der Waals surface area contributed by atoms with E-state index in [9.17, 15) is 0 Å². The fraction of sp³-hybridized carbons (Fsp3) is 1.00. The minimum atomic E-state index is 0.343. The molecule has 3 nitrogen and oxygen atoms in total. The molecule has 2 unspecified atom stereocenters. The Morgan fingerprint density at radius 3 is 2.59 bits per heavy atom. The highest BCUT2D eigenvalue weighted by molar-refractivity contribution is 4.85. The summed E-state index contributed by atoms with van der Waals surface area (Å²) in [6, 6.07) is 0.739. The second-order valence-corrected chi connectivity index (χ2v) is 5.26. The molecule has 102 valence electrons. The number of hydrogen-bond acceptors (Lipinski definition) is 3. The summed E-state index contributed by atoms with van der Waals surface area (Å²) in [5.74, 6) is 0.729. The van der Waals surface area contributed by atoms with Crippen LogP contribution in [0.15, 0.2) is 0 Å². The van der Waals surface area contributed by atoms with Crippen molar-refractivity contribution >= 4 is 0 Å². The van der Waals surface area contributed by atoms with E-state index < -0.39 is 0 Å². The topological polar surface area (TPSA) is 49.5 Å². The molecule has 0 heterocycles. The van der Waals surface area contributed by atoms with Gasteiger partial charge < -0.3 is 15.7 Å². The molecular formula is C14H30N2O. The van der Waals surface area contributed by atoms with E-state index >= 15 is 0 Å². The van der Waals surface area contributed by atoms with E-state index in [-0.39, 0.29) is 0 Å². The molecule has 0 aromatic heterocycles. The molecule has 0 saturated heterocycles. The van der Waals surface area contributed by atoms with Crippen molar-refractivity contribution in [3.8, 4) is 0 Å². The van der Waals surface area contributed by atoms with Crippen LogP contribution in [0, 0.1) is 5.92 Å². The van der Waals surface area contributed by atoms with E-state index in [0.717, 1.165) is 31.5 Å². The monoisotopic (exact) mass is 242 g/mol. The predicted molar refractivity (Wildman–Crippen MR) is 73.0 cm³/mol. The molecule has 0 aliphatic heterocycles. The maximum atomic E-state index is 8.74. The first-order chi connectivity index (χ1) is 8.33. The number of nitrogens with zero attached hydrogens (tertiary/aromatic N) is 1. The van der Waals surface area contributed by atoms with Gasteiger partial charge in [0.15, 0.2) is 0 Å². The lowest BCUT2D eigenvalue weighted by atomic mass is 10.0. The van der Waals surface area contributed by atoms with Crippen molar-refractivity contribution in [2.75, 3.05) is 26.2 Å². The molecule has 0 amide bonds. The molecule has 3 heteroatoms. The standard InChI is InChI=1S/C14H30N2O/c1-2-16(10-5-3-4-6-11-17)14-9-7-8-13(14)12-15/h13-14,17H,2-12,15H2,1H3. The first kappa shape index (κ1) is 14.9. The number of nitrogens with two attached hydrogens (primary N) is 1. The molecular weight excluding hydrogens is 212 g/mol. The van der Waals surface area contributed by atoms with Crippen LogP contribution in [0.1, 0.15) is 51.9 Å². The summed E-state index contributed by atoms with van der Waals surface area (Å²) < 4.78 is 0. The average molecular weight is 242 g/mol. The van der Waals surface area contributed by atoms with Gasteiger partial charge in [-0.2, -0.15) is 0 Å². The SMILES string of the molecule is CCN(CCCCCCO)C1CCCC1CN. The second kappa shape index (κ2) is 8.90. The Bertz CT molecular complexity index is 187. The maximum Gasteiger partial charge on any atom is 0.0431 e. The van der Waals surface area contributed by atoms with Crippen LogP contribution in [0.2, 0.25) is 0 Å². The molecule has 3 N–H and O–H groups in total. The third-order valence-electron chi connectivity index (χ3n) is 4.15. The van der Waals surface area contributed by atoms with E-state index in [2.05, 4.69) is 11.8 Å². The lowest BCUT2D eigenvalue weighted by Crippen LogP contribution is -2.40. The Morgan fingerprint density at radius 1 is 1.18 bits per heavy atom. The van der Waals surface area contributed by atoms with Crippen molar-refractivity contribution in [3.63, 3.8) is 0 Å². The lowest BCUT2D eigenvalue weighted by Gasteiger charge is -2.31. The molecule has 0 spiro atoms. The van der Waals surface area contributed by atoms with Gasteiger partial charge in [-0.15, -0.1) is 0 Å². The third kappa shape index (κ3) is 4.94. The average Bonchev–Trinajstić information content (AvgIpc) is 2.82. The first-order valence-electron chi connectivity index (χ1n) is 7.38. The van der Waals surface area contributed by atoms with Crippen molar-refractivity contribution in [2.45, 2.75) is 57.9 Å². The van der Waals surface area contributed by atoms with Crippen molar-refractivity contribution in [2.24, 2.45) is 11.7 Å². The fourth-order valence-corrected chi connectivity index (χ4v) is 3.11. The molecule has 1 aliphatic rings. The van der Waals surface area contributed by atoms with Crippen LogP contribution in [0.5, 0.6) is 0 Å². The van der Waals surface area contributed by atoms with Gasteiger partial charge in [-0.05, 0) is 51.2 Å². The van der Waals surface area contributed by atoms with E-state index in [1.807, 2.05) is 0 Å². The summed E-state index contributed by atoms with van der Waals surface area (Å²) in [4.78, 5) is 2.63. The minimum Gasteiger partial charge on any atom is -0.396 e. The normalized spacial score (nSPS) is 24.7. The van der Waals surface area contributed by atoms with Crippen molar-refractivity contribution in [1.82, 2.24) is 4.90 Å². The van der Waals surface area contributed by atoms with Gasteiger partial charge in [0.05, 0.1) is 0 Å². The number of unbranched alkanes of at least 4 members (excludes halogenated alkanes) is 3. The smallest absolute Gasteiger partial charge is 0.0431 e. The van der Waals surface area contributed by atoms with Gasteiger partial charge in [-0.3, -0.25) is 0 Å². The Labute approximate surface area is 106 Å². The summed E-state index contributed by atoms with van der Waals surface area (Å²) in [6.07, 6.45) is 8.65. The van der Waals surface area contributed by atoms with Gasteiger partial charge in [-0.1, -0.05) is 26.2 Å². The molecule has 0 aromatic rings. The van der Waals surface area contributed by atoms with Crippen LogP contribution in [-0.4, -0.2) is 42.3 Å². The van der Waals surface area contributed by atoms with Crippen LogP contribution < -0.4 is 5.73 Å². The zero-order valence-electron chi connectivity index (χ0n) is 11.4. The summed E-state index contributed by atoms with van der Waals surface area (Å²) in [7, 11) is 0. The van der Waals surface area contributed by atoms with Gasteiger partial charge in [0.25, 0.3) is 0 Å². The van der Waals surface area contributed by atoms with Crippen LogP contribution >= 0.6 is 0 Å². The molecule has 2 atom stereocenters. The number of hydrogen-bond donors (Lipinski definition) is 2. The van der Waals surface area contributed by atoms with E-state index in [1.165, 1.54) is 45.1 Å². The summed E-state index contributed by atoms with van der Waals surface area (Å²) in [6.45, 7) is 5.82. The van der Waals surface area contributed by atoms with E-state index in [1.54, 1.807) is 0 Å². The molecule has 0 radical (unpaired) electrons. The highest BCUT2D eigenvalue weighted by Gasteiger charge is 2.29. The van der Waals surface area contributed by atoms with Gasteiger partial charge in [0, 0.05) is 12.6 Å². The Balaban J connectivity index is 2.22. The van der Waals surface area contributed by atoms with Gasteiger partial charge >= 0.3 is 0 Å². The summed E-state index contributed by atoms with van der Waals surface area (Å²) in [5.41, 5.74) is 5.86. The van der Waals surface area contributed by atoms with Gasteiger partial charge in [0.1, 0.15) is 0 Å². The zero-order chi connectivity index (χ0) is 12.5. The largest absolute Gasteiger partial charge is 0.396 e. The molecule has 17 heavy (non-hydrogen) atoms. The fourth-order valence-electron chi connectivity index (χ4n) is 3.11. The Morgan fingerprint density at radius 2 is 1.94 bits per heavy atom. The molecule has 0 aromatic carbocycles. The van der Waals surface area contributed by atoms with Crippen molar-refractivity contribution in [3.05, 3.63) is 0 Å². The highest BCUT2D eigenvalue weighted by Crippen LogP contribution is 2.29. The quantitative estimate of drug-likeness (QED) is 0.608. The maximum absolute atomic E-state index is 8.74. The van der Waals surface area contributed by atoms with Crippen LogP contribution in [0.4, 0.5) is 0 Å². The number of rotatable bonds is 9. The lowest BCUT2D eigenvalue weighted by molar-refractivity contribution is 0.166. The number of aliphatic hydroxyl groups excluding tert-OH is 1. The Hall–Kier alpha value is -0.120. The molecule has 1 fully saturated rings. The van der Waals surface area contributed by atoms with E-state index in [4.69, 9.17) is 10.8 Å². The summed E-state index contributed by atoms with van der Waals surface area (Å²) in [5, 5.41) is 8.74. The highest BCUT2D eigenvalue weighted by atomic mass is 16.2. The minimum absolute atomic E-state index is 0.343. The molecule has 1 aliphatic carbocycles. The molecule has 1 rings (SSSR count). The van der Waals surface area contributed by atoms with Gasteiger partial charge in [0.2, 0.25) is 0 Å². The predicted octanol–water partition coefficient (Wildman–Crippen LogP) is 1.99. The first-order valence-corrected chi connectivity index (χ1v) is 7.38. The summed E-state index contributed by atoms with van der Waals surface area (Å²) >= 11 is 0. The third-order valence-corrected chi connectivity index (χ3v) is 4.15. The number of aliphatic hydroxyl groups is 1. The van der Waals surface area contributed by atoms with Crippen molar-refractivity contribution < 1.29 is 5.11 Å². The van der Waals surface area contributed by atoms with Crippen LogP contribution in [0.25, 0.3) is 0 Å². The van der Waals surface area contributed by atoms with Crippen LogP contribution in [0.3, 0.4) is 0 Å².